The first-order valence-corrected chi connectivity index (χ1v) is 10.8. The molecule has 0 spiro atoms. The number of hydrogen-bond donors (Lipinski definition) is 3. The summed E-state index contributed by atoms with van der Waals surface area (Å²) in [5, 5.41) is 19.4. The molecule has 8 heteroatoms. The molecule has 0 radical (unpaired) electrons. The van der Waals surface area contributed by atoms with Gasteiger partial charge in [-0.3, -0.25) is 14.8 Å². The summed E-state index contributed by atoms with van der Waals surface area (Å²) in [4.78, 5) is 25.7. The Morgan fingerprint density at radius 2 is 1.63 bits per heavy atom. The number of rotatable bonds is 6. The van der Waals surface area contributed by atoms with Gasteiger partial charge in [0.1, 0.15) is 11.6 Å². The van der Waals surface area contributed by atoms with Crippen LogP contribution in [-0.2, 0) is 0 Å². The SMILES string of the molecule is N#Cc1ccc2nccc(Nc3cccc(C(=O)Nc4cccc(Nc5ccncc5)n4)c3)c2c1. The molecule has 0 fully saturated rings. The second-order valence-electron chi connectivity index (χ2n) is 7.63. The van der Waals surface area contributed by atoms with E-state index in [4.69, 9.17) is 0 Å². The van der Waals surface area contributed by atoms with Gasteiger partial charge in [0.2, 0.25) is 0 Å². The Morgan fingerprint density at radius 3 is 2.49 bits per heavy atom. The number of pyridine rings is 3. The Hall–Kier alpha value is -5.29. The molecule has 0 unspecified atom stereocenters. The van der Waals surface area contributed by atoms with Crippen LogP contribution in [-0.4, -0.2) is 20.9 Å². The lowest BCUT2D eigenvalue weighted by Gasteiger charge is -2.12. The maximum atomic E-state index is 12.9. The van der Waals surface area contributed by atoms with E-state index in [9.17, 15) is 10.1 Å². The zero-order valence-corrected chi connectivity index (χ0v) is 18.4. The molecular weight excluding hydrogens is 438 g/mol. The van der Waals surface area contributed by atoms with Crippen molar-refractivity contribution in [3.8, 4) is 6.07 Å². The van der Waals surface area contributed by atoms with Crippen molar-refractivity contribution in [2.24, 2.45) is 0 Å². The van der Waals surface area contributed by atoms with Gasteiger partial charge in [-0.05, 0) is 66.7 Å². The summed E-state index contributed by atoms with van der Waals surface area (Å²) in [6.07, 6.45) is 5.07. The number of carbonyl (C=O) groups excluding carboxylic acids is 1. The van der Waals surface area contributed by atoms with Gasteiger partial charge >= 0.3 is 0 Å². The third-order valence-electron chi connectivity index (χ3n) is 5.22. The van der Waals surface area contributed by atoms with Crippen molar-refractivity contribution >= 4 is 45.5 Å². The van der Waals surface area contributed by atoms with Gasteiger partial charge in [-0.25, -0.2) is 4.98 Å². The van der Waals surface area contributed by atoms with Gasteiger partial charge in [-0.15, -0.1) is 0 Å². The lowest BCUT2D eigenvalue weighted by Crippen LogP contribution is -2.13. The van der Waals surface area contributed by atoms with Crippen LogP contribution in [0.5, 0.6) is 0 Å². The second kappa shape index (κ2) is 9.68. The van der Waals surface area contributed by atoms with Crippen LogP contribution in [0, 0.1) is 11.3 Å². The molecule has 3 heterocycles. The Labute approximate surface area is 201 Å². The predicted molar refractivity (Wildman–Crippen MR) is 136 cm³/mol. The van der Waals surface area contributed by atoms with Crippen LogP contribution < -0.4 is 16.0 Å². The van der Waals surface area contributed by atoms with E-state index in [0.717, 1.165) is 28.0 Å². The first kappa shape index (κ1) is 21.6. The molecule has 0 saturated carbocycles. The van der Waals surface area contributed by atoms with Crippen LogP contribution in [0.25, 0.3) is 10.9 Å². The maximum absolute atomic E-state index is 12.9. The van der Waals surface area contributed by atoms with Crippen LogP contribution in [0.4, 0.5) is 28.7 Å². The Balaban J connectivity index is 1.33. The van der Waals surface area contributed by atoms with E-state index >= 15 is 0 Å². The monoisotopic (exact) mass is 457 g/mol. The maximum Gasteiger partial charge on any atom is 0.256 e. The molecular formula is C27H19N7O. The second-order valence-corrected chi connectivity index (χ2v) is 7.63. The van der Waals surface area contributed by atoms with Crippen molar-refractivity contribution in [3.05, 3.63) is 109 Å². The number of nitrogens with one attached hydrogen (secondary N) is 3. The number of amides is 1. The Kier molecular flexibility index (Phi) is 5.96. The molecule has 0 aliphatic heterocycles. The molecule has 5 rings (SSSR count). The topological polar surface area (TPSA) is 116 Å². The third kappa shape index (κ3) is 5.05. The van der Waals surface area contributed by atoms with Crippen molar-refractivity contribution in [3.63, 3.8) is 0 Å². The highest BCUT2D eigenvalue weighted by molar-refractivity contribution is 6.04. The van der Waals surface area contributed by atoms with Gasteiger partial charge in [0.05, 0.1) is 17.1 Å². The van der Waals surface area contributed by atoms with Crippen LogP contribution >= 0.6 is 0 Å². The summed E-state index contributed by atoms with van der Waals surface area (Å²) in [5.41, 5.74) is 4.17. The lowest BCUT2D eigenvalue weighted by molar-refractivity contribution is 0.102. The van der Waals surface area contributed by atoms with Crippen molar-refractivity contribution in [2.75, 3.05) is 16.0 Å². The van der Waals surface area contributed by atoms with E-state index in [2.05, 4.69) is 37.0 Å². The number of aromatic nitrogens is 3. The van der Waals surface area contributed by atoms with E-state index in [0.29, 0.717) is 22.8 Å². The van der Waals surface area contributed by atoms with Crippen LogP contribution in [0.1, 0.15) is 15.9 Å². The van der Waals surface area contributed by atoms with Crippen molar-refractivity contribution < 1.29 is 4.79 Å². The first-order chi connectivity index (χ1) is 17.2. The van der Waals surface area contributed by atoms with Crippen LogP contribution in [0.2, 0.25) is 0 Å². The van der Waals surface area contributed by atoms with Crippen molar-refractivity contribution in [1.29, 1.82) is 5.26 Å². The summed E-state index contributed by atoms with van der Waals surface area (Å²) < 4.78 is 0. The number of fused-ring (bicyclic) bond motifs is 1. The minimum Gasteiger partial charge on any atom is -0.355 e. The zero-order valence-electron chi connectivity index (χ0n) is 18.4. The van der Waals surface area contributed by atoms with Gasteiger partial charge in [-0.2, -0.15) is 5.26 Å². The number of nitrogens with zero attached hydrogens (tertiary/aromatic N) is 4. The molecule has 2 aromatic carbocycles. The minimum absolute atomic E-state index is 0.284. The molecule has 3 N–H and O–H groups in total. The summed E-state index contributed by atoms with van der Waals surface area (Å²) >= 11 is 0. The smallest absolute Gasteiger partial charge is 0.256 e. The highest BCUT2D eigenvalue weighted by Gasteiger charge is 2.10. The molecule has 8 nitrogen and oxygen atoms in total. The molecule has 0 aliphatic carbocycles. The standard InChI is InChI=1S/C27H19N7O/c28-17-18-7-8-23-22(15-18)24(11-14-30-23)31-21-4-1-3-19(16-21)27(35)34-26-6-2-5-25(33-26)32-20-9-12-29-13-10-20/h1-16H,(H,30,31)(H2,29,32,33,34,35). The van der Waals surface area contributed by atoms with E-state index in [1.165, 1.54) is 0 Å². The summed E-state index contributed by atoms with van der Waals surface area (Å²) in [6.45, 7) is 0. The molecule has 0 atom stereocenters. The van der Waals surface area contributed by atoms with Gasteiger partial charge in [0.15, 0.2) is 0 Å². The number of carbonyl (C=O) groups is 1. The summed E-state index contributed by atoms with van der Waals surface area (Å²) in [6, 6.07) is 25.5. The Bertz CT molecular complexity index is 1560. The fraction of sp³-hybridized carbons (Fsp3) is 0. The summed E-state index contributed by atoms with van der Waals surface area (Å²) in [7, 11) is 0. The fourth-order valence-electron chi connectivity index (χ4n) is 3.56. The largest absolute Gasteiger partial charge is 0.355 e. The molecule has 5 aromatic rings. The van der Waals surface area contributed by atoms with Gasteiger partial charge in [0.25, 0.3) is 5.91 Å². The quantitative estimate of drug-likeness (QED) is 0.302. The molecule has 0 saturated heterocycles. The highest BCUT2D eigenvalue weighted by atomic mass is 16.1. The first-order valence-electron chi connectivity index (χ1n) is 10.8. The number of hydrogen-bond acceptors (Lipinski definition) is 7. The number of anilines is 5. The van der Waals surface area contributed by atoms with Gasteiger partial charge in [-0.1, -0.05) is 12.1 Å². The molecule has 1 amide bonds. The van der Waals surface area contributed by atoms with Crippen molar-refractivity contribution in [2.45, 2.75) is 0 Å². The van der Waals surface area contributed by atoms with Gasteiger partial charge in [0, 0.05) is 46.6 Å². The fourth-order valence-corrected chi connectivity index (χ4v) is 3.56. The van der Waals surface area contributed by atoms with E-state index < -0.39 is 0 Å². The average Bonchev–Trinajstić information content (AvgIpc) is 2.89. The molecule has 0 aliphatic rings. The lowest BCUT2D eigenvalue weighted by atomic mass is 10.1. The minimum atomic E-state index is -0.284. The predicted octanol–water partition coefficient (Wildman–Crippen LogP) is 5.64. The van der Waals surface area contributed by atoms with Crippen LogP contribution in [0.3, 0.4) is 0 Å². The normalized spacial score (nSPS) is 10.4. The third-order valence-corrected chi connectivity index (χ3v) is 5.22. The van der Waals surface area contributed by atoms with E-state index in [1.54, 1.807) is 55.0 Å². The Morgan fingerprint density at radius 1 is 0.800 bits per heavy atom. The van der Waals surface area contributed by atoms with Gasteiger partial charge < -0.3 is 16.0 Å². The summed E-state index contributed by atoms with van der Waals surface area (Å²) in [5.74, 6) is 0.746. The van der Waals surface area contributed by atoms with Crippen molar-refractivity contribution in [1.82, 2.24) is 15.0 Å². The molecule has 35 heavy (non-hydrogen) atoms. The van der Waals surface area contributed by atoms with Crippen LogP contribution in [0.15, 0.2) is 97.5 Å². The molecule has 3 aromatic heterocycles. The number of benzene rings is 2. The van der Waals surface area contributed by atoms with E-state index in [-0.39, 0.29) is 5.91 Å². The van der Waals surface area contributed by atoms with E-state index in [1.807, 2.05) is 42.5 Å². The number of nitriles is 1. The zero-order chi connectivity index (χ0) is 24.0. The molecule has 168 valence electrons. The molecule has 0 bridgehead atoms. The average molecular weight is 457 g/mol. The highest BCUT2D eigenvalue weighted by Crippen LogP contribution is 2.26.